The van der Waals surface area contributed by atoms with Crippen molar-refractivity contribution in [3.05, 3.63) is 11.6 Å². The molecule has 4 fully saturated rings. The summed E-state index contributed by atoms with van der Waals surface area (Å²) >= 11 is 0. The average Bonchev–Trinajstić information content (AvgIpc) is 2.68. The second kappa shape index (κ2) is 2.42. The minimum atomic E-state index is -0.552. The minimum Gasteiger partial charge on any atom is -0.435 e. The summed E-state index contributed by atoms with van der Waals surface area (Å²) in [6.45, 7) is -0.0180. The molecule has 4 bridgehead atoms. The summed E-state index contributed by atoms with van der Waals surface area (Å²) in [6.07, 6.45) is 0.854. The van der Waals surface area contributed by atoms with Crippen LogP contribution in [0.1, 0.15) is 0 Å². The van der Waals surface area contributed by atoms with Gasteiger partial charge in [-0.25, -0.2) is 0 Å². The molecule has 0 aromatic heterocycles. The molecular formula is C10H10O5. The number of aliphatic hydroxyl groups excluding tert-OH is 1. The zero-order valence-corrected chi connectivity index (χ0v) is 7.83. The number of fused-ring (bicyclic) bond motifs is 1. The first-order valence-corrected chi connectivity index (χ1v) is 5.12. The van der Waals surface area contributed by atoms with Crippen LogP contribution in [-0.2, 0) is 19.0 Å². The molecule has 6 atom stereocenters. The Balaban J connectivity index is 1.84. The van der Waals surface area contributed by atoms with E-state index < -0.39 is 12.6 Å². The molecule has 0 radical (unpaired) electrons. The van der Waals surface area contributed by atoms with Gasteiger partial charge < -0.3 is 19.3 Å². The second-order valence-electron chi connectivity index (χ2n) is 4.44. The topological polar surface area (TPSA) is 65.0 Å². The molecule has 1 aliphatic carbocycles. The van der Waals surface area contributed by atoms with Crippen molar-refractivity contribution < 1.29 is 24.1 Å². The van der Waals surface area contributed by atoms with Gasteiger partial charge in [0.2, 0.25) is 6.29 Å². The number of carbonyl (C=O) groups is 1. The molecular weight excluding hydrogens is 200 g/mol. The average molecular weight is 210 g/mol. The Hall–Kier alpha value is -0.910. The van der Waals surface area contributed by atoms with E-state index in [1.165, 1.54) is 0 Å². The molecule has 0 amide bonds. The van der Waals surface area contributed by atoms with Gasteiger partial charge in [0, 0.05) is 5.92 Å². The molecule has 4 saturated heterocycles. The highest BCUT2D eigenvalue weighted by atomic mass is 16.8. The third kappa shape index (κ3) is 0.792. The molecule has 4 aliphatic heterocycles. The lowest BCUT2D eigenvalue weighted by atomic mass is 9.77. The lowest BCUT2D eigenvalue weighted by Crippen LogP contribution is -2.55. The Morgan fingerprint density at radius 1 is 1.27 bits per heavy atom. The zero-order chi connectivity index (χ0) is 10.2. The summed E-state index contributed by atoms with van der Waals surface area (Å²) in [5.74, 6) is -0.392. The van der Waals surface area contributed by atoms with E-state index in [0.717, 1.165) is 5.57 Å². The van der Waals surface area contributed by atoms with E-state index in [9.17, 15) is 9.90 Å². The highest BCUT2D eigenvalue weighted by Gasteiger charge is 2.66. The van der Waals surface area contributed by atoms with Gasteiger partial charge in [-0.05, 0) is 5.57 Å². The van der Waals surface area contributed by atoms with E-state index in [-0.39, 0.29) is 36.4 Å². The van der Waals surface area contributed by atoms with Crippen LogP contribution in [0.25, 0.3) is 0 Å². The van der Waals surface area contributed by atoms with Crippen LogP contribution in [0.5, 0.6) is 0 Å². The van der Waals surface area contributed by atoms with Gasteiger partial charge in [-0.15, -0.1) is 0 Å². The Kier molecular flexibility index (Phi) is 1.34. The Morgan fingerprint density at radius 2 is 2.13 bits per heavy atom. The van der Waals surface area contributed by atoms with E-state index in [1.807, 2.05) is 6.08 Å². The van der Waals surface area contributed by atoms with Gasteiger partial charge in [0.1, 0.15) is 5.92 Å². The lowest BCUT2D eigenvalue weighted by Gasteiger charge is -2.43. The maximum Gasteiger partial charge on any atom is 0.316 e. The summed E-state index contributed by atoms with van der Waals surface area (Å²) in [4.78, 5) is 11.6. The quantitative estimate of drug-likeness (QED) is 0.462. The standard InChI is InChI=1S/C10H10O5/c11-2-3-1-4-6-5(3)9-14-8(12)7(6)10(13-4)15-9/h1,4-7,9-11H,2H2/t4-,5+,6-,7-,9+,10-/m0/s1. The molecule has 5 heteroatoms. The van der Waals surface area contributed by atoms with Gasteiger partial charge >= 0.3 is 5.97 Å². The number of carbonyl (C=O) groups excluding carboxylic acids is 1. The Labute approximate surface area is 85.6 Å². The first-order valence-electron chi connectivity index (χ1n) is 5.12. The maximum atomic E-state index is 11.6. The van der Waals surface area contributed by atoms with Gasteiger partial charge in [-0.1, -0.05) is 6.08 Å². The van der Waals surface area contributed by atoms with Crippen LogP contribution in [-0.4, -0.2) is 36.4 Å². The van der Waals surface area contributed by atoms with Crippen LogP contribution in [0.3, 0.4) is 0 Å². The summed E-state index contributed by atoms with van der Waals surface area (Å²) in [5, 5.41) is 9.21. The van der Waals surface area contributed by atoms with Crippen LogP contribution in [0.4, 0.5) is 0 Å². The normalized spacial score (nSPS) is 54.5. The molecule has 5 rings (SSSR count). The zero-order valence-electron chi connectivity index (χ0n) is 7.83. The first kappa shape index (κ1) is 8.27. The predicted molar refractivity (Wildman–Crippen MR) is 45.3 cm³/mol. The summed E-state index contributed by atoms with van der Waals surface area (Å²) in [6, 6.07) is 0. The van der Waals surface area contributed by atoms with Crippen molar-refractivity contribution in [1.29, 1.82) is 0 Å². The number of rotatable bonds is 1. The molecule has 0 unspecified atom stereocenters. The molecule has 80 valence electrons. The largest absolute Gasteiger partial charge is 0.435 e. The van der Waals surface area contributed by atoms with E-state index in [2.05, 4.69) is 0 Å². The lowest BCUT2D eigenvalue weighted by molar-refractivity contribution is -0.301. The monoisotopic (exact) mass is 210 g/mol. The molecule has 0 aromatic carbocycles. The summed E-state index contributed by atoms with van der Waals surface area (Å²) in [5.41, 5.74) is 0.880. The highest BCUT2D eigenvalue weighted by Crippen LogP contribution is 2.56. The number of aliphatic hydroxyl groups is 1. The molecule has 15 heavy (non-hydrogen) atoms. The molecule has 0 saturated carbocycles. The van der Waals surface area contributed by atoms with Gasteiger partial charge in [-0.3, -0.25) is 4.79 Å². The summed E-state index contributed by atoms with van der Waals surface area (Å²) < 4.78 is 16.2. The van der Waals surface area contributed by atoms with Crippen LogP contribution < -0.4 is 0 Å². The third-order valence-electron chi connectivity index (χ3n) is 3.85. The number of hydrogen-bond acceptors (Lipinski definition) is 5. The van der Waals surface area contributed by atoms with Crippen LogP contribution in [0.15, 0.2) is 11.6 Å². The van der Waals surface area contributed by atoms with E-state index in [1.54, 1.807) is 0 Å². The van der Waals surface area contributed by atoms with Crippen molar-refractivity contribution in [1.82, 2.24) is 0 Å². The Morgan fingerprint density at radius 3 is 2.93 bits per heavy atom. The fourth-order valence-electron chi connectivity index (χ4n) is 3.27. The number of esters is 1. The van der Waals surface area contributed by atoms with Crippen LogP contribution in [0, 0.1) is 17.8 Å². The van der Waals surface area contributed by atoms with Crippen molar-refractivity contribution in [3.8, 4) is 0 Å². The second-order valence-corrected chi connectivity index (χ2v) is 4.44. The van der Waals surface area contributed by atoms with Crippen LogP contribution in [0.2, 0.25) is 0 Å². The van der Waals surface area contributed by atoms with Gasteiger partial charge in [-0.2, -0.15) is 0 Å². The number of ether oxygens (including phenoxy) is 3. The van der Waals surface area contributed by atoms with Crippen molar-refractivity contribution >= 4 is 5.97 Å². The Bertz CT molecular complexity index is 376. The molecule has 1 N–H and O–H groups in total. The van der Waals surface area contributed by atoms with E-state index >= 15 is 0 Å². The predicted octanol–water partition coefficient (Wildman–Crippen LogP) is -0.595. The SMILES string of the molecule is O=C1O[C@@H]2O[C@@H]3O[C@H]4C=C(CO)[C@@H]2[C@H]4[C@@H]13. The molecule has 4 heterocycles. The number of hydrogen-bond donors (Lipinski definition) is 1. The fourth-order valence-corrected chi connectivity index (χ4v) is 3.27. The summed E-state index contributed by atoms with van der Waals surface area (Å²) in [7, 11) is 0. The van der Waals surface area contributed by atoms with Crippen molar-refractivity contribution in [2.24, 2.45) is 17.8 Å². The van der Waals surface area contributed by atoms with E-state index in [4.69, 9.17) is 14.2 Å². The third-order valence-corrected chi connectivity index (χ3v) is 3.85. The van der Waals surface area contributed by atoms with Gasteiger partial charge in [0.25, 0.3) is 0 Å². The molecule has 5 aliphatic rings. The fraction of sp³-hybridized carbons (Fsp3) is 0.700. The van der Waals surface area contributed by atoms with Crippen molar-refractivity contribution in [2.45, 2.75) is 18.7 Å². The maximum absolute atomic E-state index is 11.6. The minimum absolute atomic E-state index is 0.00134. The van der Waals surface area contributed by atoms with Crippen LogP contribution >= 0.6 is 0 Å². The molecule has 0 aromatic rings. The first-order chi connectivity index (χ1) is 7.29. The highest BCUT2D eigenvalue weighted by molar-refractivity contribution is 5.76. The van der Waals surface area contributed by atoms with Gasteiger partial charge in [0.05, 0.1) is 18.6 Å². The van der Waals surface area contributed by atoms with Crippen molar-refractivity contribution in [2.75, 3.05) is 6.61 Å². The molecule has 5 nitrogen and oxygen atoms in total. The van der Waals surface area contributed by atoms with E-state index in [0.29, 0.717) is 0 Å². The smallest absolute Gasteiger partial charge is 0.316 e. The van der Waals surface area contributed by atoms with Gasteiger partial charge in [0.15, 0.2) is 6.29 Å². The van der Waals surface area contributed by atoms with Crippen molar-refractivity contribution in [3.63, 3.8) is 0 Å². The molecule has 0 spiro atoms.